The average molecular weight is 363 g/mol. The van der Waals surface area contributed by atoms with Crippen molar-refractivity contribution in [3.8, 4) is 0 Å². The van der Waals surface area contributed by atoms with Gasteiger partial charge < -0.3 is 14.7 Å². The Hall–Kier alpha value is -2.92. The highest BCUT2D eigenvalue weighted by atomic mass is 16.5. The van der Waals surface area contributed by atoms with Crippen LogP contribution in [-0.4, -0.2) is 41.5 Å². The zero-order chi connectivity index (χ0) is 19.2. The lowest BCUT2D eigenvalue weighted by molar-refractivity contribution is -0.144. The maximum Gasteiger partial charge on any atom is 0.259 e. The predicted molar refractivity (Wildman–Crippen MR) is 102 cm³/mol. The second-order valence-corrected chi connectivity index (χ2v) is 7.14. The smallest absolute Gasteiger partial charge is 0.259 e. The number of fused-ring (bicyclic) bond motifs is 2. The van der Waals surface area contributed by atoms with Crippen molar-refractivity contribution in [3.63, 3.8) is 0 Å². The minimum atomic E-state index is -1.76. The van der Waals surface area contributed by atoms with Gasteiger partial charge in [-0.05, 0) is 29.0 Å². The van der Waals surface area contributed by atoms with Crippen LogP contribution in [-0.2, 0) is 9.53 Å². The molecule has 138 valence electrons. The zero-order valence-corrected chi connectivity index (χ0v) is 15.3. The van der Waals surface area contributed by atoms with E-state index in [2.05, 4.69) is 0 Å². The summed E-state index contributed by atoms with van der Waals surface area (Å²) < 4.78 is 5.29. The zero-order valence-electron chi connectivity index (χ0n) is 15.3. The Bertz CT molecular complexity index is 1010. The van der Waals surface area contributed by atoms with Crippen LogP contribution in [0.1, 0.15) is 23.2 Å². The fourth-order valence-electron chi connectivity index (χ4n) is 4.04. The molecular formula is C22H21NO4. The first-order valence-corrected chi connectivity index (χ1v) is 8.91. The Morgan fingerprint density at radius 2 is 1.96 bits per heavy atom. The fourth-order valence-corrected chi connectivity index (χ4v) is 4.04. The van der Waals surface area contributed by atoms with Gasteiger partial charge >= 0.3 is 0 Å². The SMILES string of the molecule is COC1=CC=C2C(C1)C(O)(CC(=O)c1ccc3ccccc3c1)C(=O)N2C. The Morgan fingerprint density at radius 3 is 2.70 bits per heavy atom. The van der Waals surface area contributed by atoms with Crippen LogP contribution in [0.4, 0.5) is 0 Å². The molecule has 4 rings (SSSR count). The molecule has 0 radical (unpaired) electrons. The van der Waals surface area contributed by atoms with Crippen molar-refractivity contribution < 1.29 is 19.4 Å². The number of aliphatic hydroxyl groups is 1. The monoisotopic (exact) mass is 363 g/mol. The van der Waals surface area contributed by atoms with Crippen molar-refractivity contribution in [2.24, 2.45) is 5.92 Å². The highest BCUT2D eigenvalue weighted by Crippen LogP contribution is 2.45. The van der Waals surface area contributed by atoms with Gasteiger partial charge in [0.1, 0.15) is 0 Å². The molecule has 0 aromatic heterocycles. The van der Waals surface area contributed by atoms with Gasteiger partial charge in [0, 0.05) is 37.1 Å². The lowest BCUT2D eigenvalue weighted by Crippen LogP contribution is -2.45. The van der Waals surface area contributed by atoms with E-state index in [9.17, 15) is 14.7 Å². The molecule has 5 heteroatoms. The molecule has 1 heterocycles. The van der Waals surface area contributed by atoms with Crippen LogP contribution < -0.4 is 0 Å². The van der Waals surface area contributed by atoms with E-state index < -0.39 is 17.4 Å². The molecule has 1 aliphatic heterocycles. The first-order valence-electron chi connectivity index (χ1n) is 8.91. The van der Waals surface area contributed by atoms with E-state index >= 15 is 0 Å². The quantitative estimate of drug-likeness (QED) is 0.848. The van der Waals surface area contributed by atoms with Crippen LogP contribution in [0.25, 0.3) is 10.8 Å². The number of hydrogen-bond donors (Lipinski definition) is 1. The van der Waals surface area contributed by atoms with Crippen LogP contribution in [0.5, 0.6) is 0 Å². The number of nitrogens with zero attached hydrogens (tertiary/aromatic N) is 1. The first-order chi connectivity index (χ1) is 12.9. The highest BCUT2D eigenvalue weighted by Gasteiger charge is 2.56. The third-order valence-corrected chi connectivity index (χ3v) is 5.60. The summed E-state index contributed by atoms with van der Waals surface area (Å²) in [6, 6.07) is 13.2. The summed E-state index contributed by atoms with van der Waals surface area (Å²) in [7, 11) is 3.19. The number of Topliss-reactive ketones (excluding diaryl/α,β-unsaturated/α-hetero) is 1. The average Bonchev–Trinajstić information content (AvgIpc) is 2.88. The molecule has 5 nitrogen and oxygen atoms in total. The van der Waals surface area contributed by atoms with Crippen molar-refractivity contribution in [1.29, 1.82) is 0 Å². The van der Waals surface area contributed by atoms with E-state index in [4.69, 9.17) is 4.74 Å². The Kier molecular flexibility index (Phi) is 4.12. The van der Waals surface area contributed by atoms with Gasteiger partial charge in [-0.2, -0.15) is 0 Å². The summed E-state index contributed by atoms with van der Waals surface area (Å²) >= 11 is 0. The van der Waals surface area contributed by atoms with Gasteiger partial charge in [0.15, 0.2) is 11.4 Å². The largest absolute Gasteiger partial charge is 0.501 e. The standard InChI is InChI=1S/C22H21NO4/c1-23-19-10-9-17(27-2)12-18(19)22(26,21(23)25)13-20(24)16-8-7-14-5-3-4-6-15(14)11-16/h3-11,18,26H,12-13H2,1-2H3. The van der Waals surface area contributed by atoms with Gasteiger partial charge in [0.05, 0.1) is 12.9 Å². The number of benzene rings is 2. The molecule has 0 bridgehead atoms. The number of carbonyl (C=O) groups excluding carboxylic acids is 2. The van der Waals surface area contributed by atoms with E-state index in [1.807, 2.05) is 36.4 Å². The number of methoxy groups -OCH3 is 1. The maximum atomic E-state index is 12.9. The number of hydrogen-bond acceptors (Lipinski definition) is 4. The Balaban J connectivity index is 1.65. The minimum Gasteiger partial charge on any atom is -0.501 e. The van der Waals surface area contributed by atoms with Crippen molar-refractivity contribution in [1.82, 2.24) is 4.90 Å². The Labute approximate surface area is 157 Å². The van der Waals surface area contributed by atoms with Crippen molar-refractivity contribution in [2.75, 3.05) is 14.2 Å². The number of likely N-dealkylation sites (tertiary alicyclic amines) is 1. The first kappa shape index (κ1) is 17.5. The van der Waals surface area contributed by atoms with Crippen LogP contribution >= 0.6 is 0 Å². The number of carbonyl (C=O) groups is 2. The van der Waals surface area contributed by atoms with Gasteiger partial charge in [-0.15, -0.1) is 0 Å². The Morgan fingerprint density at radius 1 is 1.22 bits per heavy atom. The third kappa shape index (κ3) is 2.75. The molecule has 2 aliphatic rings. The van der Waals surface area contributed by atoms with E-state index in [1.54, 1.807) is 32.4 Å². The molecule has 1 aliphatic carbocycles. The molecule has 0 saturated carbocycles. The van der Waals surface area contributed by atoms with Crippen LogP contribution in [0, 0.1) is 5.92 Å². The van der Waals surface area contributed by atoms with Gasteiger partial charge in [0.2, 0.25) is 0 Å². The highest BCUT2D eigenvalue weighted by molar-refractivity contribution is 6.04. The van der Waals surface area contributed by atoms with Gasteiger partial charge in [0.25, 0.3) is 5.91 Å². The summed E-state index contributed by atoms with van der Waals surface area (Å²) in [6.45, 7) is 0. The molecule has 1 N–H and O–H groups in total. The van der Waals surface area contributed by atoms with E-state index in [0.29, 0.717) is 17.7 Å². The molecule has 1 amide bonds. The van der Waals surface area contributed by atoms with Gasteiger partial charge in [-0.25, -0.2) is 0 Å². The molecule has 0 spiro atoms. The second-order valence-electron chi connectivity index (χ2n) is 7.14. The topological polar surface area (TPSA) is 66.8 Å². The molecule has 2 aromatic rings. The number of likely N-dealkylation sites (N-methyl/N-ethyl adjacent to an activating group) is 1. The summed E-state index contributed by atoms with van der Waals surface area (Å²) in [6.07, 6.45) is 3.71. The lowest BCUT2D eigenvalue weighted by Gasteiger charge is -2.28. The second kappa shape index (κ2) is 6.35. The molecule has 1 saturated heterocycles. The molecule has 2 unspecified atom stereocenters. The van der Waals surface area contributed by atoms with Gasteiger partial charge in [-0.3, -0.25) is 9.59 Å². The summed E-state index contributed by atoms with van der Waals surface area (Å²) in [5.74, 6) is -0.499. The molecular weight excluding hydrogens is 342 g/mol. The number of amides is 1. The predicted octanol–water partition coefficient (Wildman–Crippen LogP) is 3.05. The number of ketones is 1. The summed E-state index contributed by atoms with van der Waals surface area (Å²) in [5.41, 5.74) is -0.551. The van der Waals surface area contributed by atoms with Crippen molar-refractivity contribution in [2.45, 2.75) is 18.4 Å². The van der Waals surface area contributed by atoms with Gasteiger partial charge in [-0.1, -0.05) is 36.4 Å². The molecule has 27 heavy (non-hydrogen) atoms. The van der Waals surface area contributed by atoms with Crippen LogP contribution in [0.2, 0.25) is 0 Å². The van der Waals surface area contributed by atoms with E-state index in [1.165, 1.54) is 4.90 Å². The minimum absolute atomic E-state index is 0.250. The summed E-state index contributed by atoms with van der Waals surface area (Å²) in [5, 5.41) is 13.2. The maximum absolute atomic E-state index is 12.9. The number of rotatable bonds is 4. The molecule has 2 atom stereocenters. The third-order valence-electron chi connectivity index (χ3n) is 5.60. The number of ether oxygens (including phenoxy) is 1. The molecule has 2 aromatic carbocycles. The van der Waals surface area contributed by atoms with Crippen LogP contribution in [0.15, 0.2) is 66.1 Å². The molecule has 1 fully saturated rings. The van der Waals surface area contributed by atoms with Crippen molar-refractivity contribution in [3.05, 3.63) is 71.6 Å². The fraction of sp³-hybridized carbons (Fsp3) is 0.273. The number of allylic oxidation sites excluding steroid dienone is 3. The summed E-state index contributed by atoms with van der Waals surface area (Å²) in [4.78, 5) is 27.2. The van der Waals surface area contributed by atoms with E-state index in [-0.39, 0.29) is 12.2 Å². The van der Waals surface area contributed by atoms with Crippen LogP contribution in [0.3, 0.4) is 0 Å². The normalized spacial score (nSPS) is 24.5. The van der Waals surface area contributed by atoms with E-state index in [0.717, 1.165) is 16.5 Å². The lowest BCUT2D eigenvalue weighted by atomic mass is 9.79. The van der Waals surface area contributed by atoms with Crippen molar-refractivity contribution >= 4 is 22.5 Å².